The van der Waals surface area contributed by atoms with E-state index >= 15 is 0 Å². The Bertz CT molecular complexity index is 1050. The Labute approximate surface area is 159 Å². The number of carbonyl (C=O) groups is 2. The first-order valence-electron chi connectivity index (χ1n) is 8.38. The van der Waals surface area contributed by atoms with Gasteiger partial charge in [0.25, 0.3) is 5.56 Å². The molecular formula is C18H17N5O5. The van der Waals surface area contributed by atoms with Crippen LogP contribution in [0.3, 0.4) is 0 Å². The van der Waals surface area contributed by atoms with Crippen LogP contribution in [0.25, 0.3) is 0 Å². The number of nitriles is 1. The normalized spacial score (nSPS) is 12.0. The summed E-state index contributed by atoms with van der Waals surface area (Å²) in [7, 11) is 0. The van der Waals surface area contributed by atoms with Crippen molar-refractivity contribution in [3.63, 3.8) is 0 Å². The lowest BCUT2D eigenvalue weighted by Crippen LogP contribution is -2.40. The summed E-state index contributed by atoms with van der Waals surface area (Å²) in [6.45, 7) is 3.59. The number of nitrogens with zero attached hydrogens (tertiary/aromatic N) is 3. The smallest absolute Gasteiger partial charge is 0.325 e. The summed E-state index contributed by atoms with van der Waals surface area (Å²) in [6, 6.07) is 5.86. The Hall–Kier alpha value is -3.87. The van der Waals surface area contributed by atoms with Crippen LogP contribution in [-0.2, 0) is 11.3 Å². The zero-order chi connectivity index (χ0) is 20.3. The third-order valence-electron chi connectivity index (χ3n) is 4.09. The standard InChI is InChI=1S/C18H17N5O5/c1-10-11(2)22-23(17(25)13(10)8-19)9-16(24)21-18(26)20-12-3-4-14-15(7-12)28-6-5-27-14/h3-4,7H,5-6,9H2,1-2H3,(H2,20,21,24,26). The minimum Gasteiger partial charge on any atom is -0.486 e. The fourth-order valence-electron chi connectivity index (χ4n) is 2.60. The topological polar surface area (TPSA) is 135 Å². The number of amides is 3. The van der Waals surface area contributed by atoms with E-state index in [1.165, 1.54) is 0 Å². The number of carbonyl (C=O) groups excluding carboxylic acids is 2. The van der Waals surface area contributed by atoms with Crippen LogP contribution in [0.5, 0.6) is 11.5 Å². The zero-order valence-electron chi connectivity index (χ0n) is 15.2. The molecule has 0 saturated carbocycles. The predicted octanol–water partition coefficient (Wildman–Crippen LogP) is 0.851. The fourth-order valence-corrected chi connectivity index (χ4v) is 2.60. The van der Waals surface area contributed by atoms with Gasteiger partial charge in [0.05, 0.1) is 5.69 Å². The molecule has 3 amide bonds. The number of nitrogens with one attached hydrogen (secondary N) is 2. The molecular weight excluding hydrogens is 366 g/mol. The van der Waals surface area contributed by atoms with Gasteiger partial charge in [-0.25, -0.2) is 9.48 Å². The van der Waals surface area contributed by atoms with E-state index in [2.05, 4.69) is 15.7 Å². The summed E-state index contributed by atoms with van der Waals surface area (Å²) < 4.78 is 11.7. The van der Waals surface area contributed by atoms with Gasteiger partial charge in [-0.15, -0.1) is 0 Å². The van der Waals surface area contributed by atoms with Crippen molar-refractivity contribution in [3.05, 3.63) is 45.4 Å². The first-order chi connectivity index (χ1) is 13.4. The maximum atomic E-state index is 12.2. The minimum absolute atomic E-state index is 0.0824. The second-order valence-electron chi connectivity index (χ2n) is 6.02. The second kappa shape index (κ2) is 7.79. The van der Waals surface area contributed by atoms with E-state index in [9.17, 15) is 14.4 Å². The van der Waals surface area contributed by atoms with Gasteiger partial charge in [0.2, 0.25) is 5.91 Å². The summed E-state index contributed by atoms with van der Waals surface area (Å²) in [5.41, 5.74) is 0.544. The molecule has 0 saturated heterocycles. The molecule has 28 heavy (non-hydrogen) atoms. The molecule has 0 fully saturated rings. The molecule has 0 unspecified atom stereocenters. The van der Waals surface area contributed by atoms with Crippen LogP contribution in [-0.4, -0.2) is 34.9 Å². The zero-order valence-corrected chi connectivity index (χ0v) is 15.2. The van der Waals surface area contributed by atoms with Crippen LogP contribution in [0.2, 0.25) is 0 Å². The SMILES string of the molecule is Cc1nn(CC(=O)NC(=O)Nc2ccc3c(c2)OCCO3)c(=O)c(C#N)c1C. The molecule has 10 heteroatoms. The lowest BCUT2D eigenvalue weighted by atomic mass is 10.1. The van der Waals surface area contributed by atoms with Crippen LogP contribution in [0.15, 0.2) is 23.0 Å². The molecule has 0 atom stereocenters. The number of rotatable bonds is 3. The van der Waals surface area contributed by atoms with E-state index in [0.29, 0.717) is 41.7 Å². The van der Waals surface area contributed by atoms with Crippen molar-refractivity contribution in [2.24, 2.45) is 0 Å². The van der Waals surface area contributed by atoms with Crippen molar-refractivity contribution < 1.29 is 19.1 Å². The molecule has 0 radical (unpaired) electrons. The lowest BCUT2D eigenvalue weighted by molar-refractivity contribution is -0.120. The minimum atomic E-state index is -0.779. The molecule has 1 aromatic heterocycles. The monoisotopic (exact) mass is 383 g/mol. The van der Waals surface area contributed by atoms with Gasteiger partial charge in [0, 0.05) is 11.8 Å². The highest BCUT2D eigenvalue weighted by molar-refractivity contribution is 6.01. The largest absolute Gasteiger partial charge is 0.486 e. The Kier molecular flexibility index (Phi) is 5.26. The van der Waals surface area contributed by atoms with Gasteiger partial charge < -0.3 is 14.8 Å². The molecule has 1 aliphatic heterocycles. The number of hydrogen-bond acceptors (Lipinski definition) is 7. The number of benzene rings is 1. The van der Waals surface area contributed by atoms with Crippen LogP contribution < -0.4 is 25.7 Å². The summed E-state index contributed by atoms with van der Waals surface area (Å²) >= 11 is 0. The third kappa shape index (κ3) is 3.93. The highest BCUT2D eigenvalue weighted by Gasteiger charge is 2.16. The Morgan fingerprint density at radius 2 is 1.96 bits per heavy atom. The van der Waals surface area contributed by atoms with E-state index in [0.717, 1.165) is 4.68 Å². The van der Waals surface area contributed by atoms with Gasteiger partial charge in [0.15, 0.2) is 11.5 Å². The molecule has 2 heterocycles. The van der Waals surface area contributed by atoms with Gasteiger partial charge >= 0.3 is 6.03 Å². The number of hydrogen-bond donors (Lipinski definition) is 2. The van der Waals surface area contributed by atoms with Crippen LogP contribution >= 0.6 is 0 Å². The van der Waals surface area contributed by atoms with Crippen molar-refractivity contribution >= 4 is 17.6 Å². The summed E-state index contributed by atoms with van der Waals surface area (Å²) in [5, 5.41) is 17.7. The maximum absolute atomic E-state index is 12.2. The molecule has 1 aromatic carbocycles. The highest BCUT2D eigenvalue weighted by atomic mass is 16.6. The van der Waals surface area contributed by atoms with E-state index < -0.39 is 24.0 Å². The average Bonchev–Trinajstić information content (AvgIpc) is 2.66. The van der Waals surface area contributed by atoms with Crippen molar-refractivity contribution in [2.45, 2.75) is 20.4 Å². The molecule has 3 rings (SSSR count). The Balaban J connectivity index is 1.66. The molecule has 0 aliphatic carbocycles. The van der Waals surface area contributed by atoms with Crippen molar-refractivity contribution in [1.82, 2.24) is 15.1 Å². The highest BCUT2D eigenvalue weighted by Crippen LogP contribution is 2.32. The van der Waals surface area contributed by atoms with Gasteiger partial charge in [-0.1, -0.05) is 0 Å². The number of urea groups is 1. The van der Waals surface area contributed by atoms with Gasteiger partial charge in [-0.05, 0) is 31.5 Å². The lowest BCUT2D eigenvalue weighted by Gasteiger charge is -2.19. The number of aromatic nitrogens is 2. The number of aryl methyl sites for hydroxylation is 1. The van der Waals surface area contributed by atoms with Gasteiger partial charge in [-0.3, -0.25) is 14.9 Å². The molecule has 2 aromatic rings. The first kappa shape index (κ1) is 18.9. The number of anilines is 1. The van der Waals surface area contributed by atoms with Crippen molar-refractivity contribution in [1.29, 1.82) is 5.26 Å². The van der Waals surface area contributed by atoms with E-state index in [1.807, 2.05) is 6.07 Å². The first-order valence-corrected chi connectivity index (χ1v) is 8.38. The quantitative estimate of drug-likeness (QED) is 0.802. The molecule has 144 valence electrons. The predicted molar refractivity (Wildman–Crippen MR) is 97.3 cm³/mol. The van der Waals surface area contributed by atoms with Gasteiger partial charge in [0.1, 0.15) is 31.4 Å². The Morgan fingerprint density at radius 1 is 1.25 bits per heavy atom. The molecule has 0 spiro atoms. The number of ether oxygens (including phenoxy) is 2. The van der Waals surface area contributed by atoms with Crippen molar-refractivity contribution in [2.75, 3.05) is 18.5 Å². The van der Waals surface area contributed by atoms with Crippen molar-refractivity contribution in [3.8, 4) is 17.6 Å². The fraction of sp³-hybridized carbons (Fsp3) is 0.278. The average molecular weight is 383 g/mol. The van der Waals surface area contributed by atoms with E-state index in [-0.39, 0.29) is 5.56 Å². The molecule has 0 bridgehead atoms. The van der Waals surface area contributed by atoms with Gasteiger partial charge in [-0.2, -0.15) is 10.4 Å². The maximum Gasteiger partial charge on any atom is 0.325 e. The summed E-state index contributed by atoms with van der Waals surface area (Å²) in [5.74, 6) is 0.309. The number of imide groups is 1. The van der Waals surface area contributed by atoms with Crippen LogP contribution in [0.1, 0.15) is 16.8 Å². The van der Waals surface area contributed by atoms with E-state index in [1.54, 1.807) is 32.0 Å². The van der Waals surface area contributed by atoms with E-state index in [4.69, 9.17) is 14.7 Å². The molecule has 1 aliphatic rings. The van der Waals surface area contributed by atoms with Crippen LogP contribution in [0, 0.1) is 25.2 Å². The second-order valence-corrected chi connectivity index (χ2v) is 6.02. The summed E-state index contributed by atoms with van der Waals surface area (Å²) in [4.78, 5) is 36.3. The third-order valence-corrected chi connectivity index (χ3v) is 4.09. The molecule has 10 nitrogen and oxygen atoms in total. The molecule has 2 N–H and O–H groups in total. The van der Waals surface area contributed by atoms with Crippen LogP contribution in [0.4, 0.5) is 10.5 Å². The Morgan fingerprint density at radius 3 is 2.68 bits per heavy atom. The number of fused-ring (bicyclic) bond motifs is 1. The summed E-state index contributed by atoms with van der Waals surface area (Å²) in [6.07, 6.45) is 0.